The Morgan fingerprint density at radius 1 is 1.23 bits per heavy atom. The minimum absolute atomic E-state index is 0. The molecule has 0 unspecified atom stereocenters. The summed E-state index contributed by atoms with van der Waals surface area (Å²) >= 11 is 0. The van der Waals surface area contributed by atoms with Crippen LogP contribution in [0.1, 0.15) is 5.56 Å². The largest absolute Gasteiger partial charge is 1.00 e. The average Bonchev–Trinajstić information content (AvgIpc) is 2.58. The van der Waals surface area contributed by atoms with Gasteiger partial charge in [0, 0.05) is 0 Å². The zero-order valence-electron chi connectivity index (χ0n) is 7.05. The van der Waals surface area contributed by atoms with E-state index in [1.165, 1.54) is 0 Å². The van der Waals surface area contributed by atoms with E-state index in [-0.39, 0.29) is 12.4 Å². The molecule has 1 aromatic carbocycles. The number of hydrogen-bond donors (Lipinski definition) is 3. The van der Waals surface area contributed by atoms with E-state index < -0.39 is 0 Å². The van der Waals surface area contributed by atoms with Crippen LogP contribution in [0.25, 0.3) is 0 Å². The maximum absolute atomic E-state index is 9.05. The zero-order chi connectivity index (χ0) is 8.39. The summed E-state index contributed by atoms with van der Waals surface area (Å²) in [5, 5.41) is 12.3. The lowest BCUT2D eigenvalue weighted by Crippen LogP contribution is -3.00. The van der Waals surface area contributed by atoms with Crippen molar-refractivity contribution in [2.45, 2.75) is 0 Å². The van der Waals surface area contributed by atoms with Crippen LogP contribution < -0.4 is 22.7 Å². The molecule has 1 aliphatic rings. The van der Waals surface area contributed by atoms with Crippen molar-refractivity contribution in [1.82, 2.24) is 5.32 Å². The lowest BCUT2D eigenvalue weighted by molar-refractivity contribution is -0.444. The Morgan fingerprint density at radius 2 is 1.92 bits per heavy atom. The van der Waals surface area contributed by atoms with E-state index in [2.05, 4.69) is 10.3 Å². The average molecular weight is 199 g/mol. The molecule has 0 spiro atoms. The summed E-state index contributed by atoms with van der Waals surface area (Å²) in [5.41, 5.74) is 1.09. The Kier molecular flexibility index (Phi) is 3.14. The Labute approximate surface area is 82.9 Å². The van der Waals surface area contributed by atoms with Gasteiger partial charge in [-0.15, -0.1) is 0 Å². The summed E-state index contributed by atoms with van der Waals surface area (Å²) in [6.07, 6.45) is 0. The highest BCUT2D eigenvalue weighted by Gasteiger charge is 2.13. The smallest absolute Gasteiger partial charge is 0.275 e. The van der Waals surface area contributed by atoms with Crippen molar-refractivity contribution in [3.8, 4) is 5.75 Å². The Bertz CT molecular complexity index is 308. The van der Waals surface area contributed by atoms with Gasteiger partial charge in [0.05, 0.1) is 5.56 Å². The molecular formula is C9H11ClN2O. The third-order valence-electron chi connectivity index (χ3n) is 1.88. The number of benzene rings is 1. The SMILES string of the molecule is Oc1ccc(C2=[NH+]CCN2)cc1.[Cl-]. The van der Waals surface area contributed by atoms with E-state index in [4.69, 9.17) is 5.11 Å². The highest BCUT2D eigenvalue weighted by atomic mass is 35.5. The Morgan fingerprint density at radius 3 is 2.46 bits per heavy atom. The maximum atomic E-state index is 9.05. The fourth-order valence-corrected chi connectivity index (χ4v) is 1.27. The van der Waals surface area contributed by atoms with Crippen molar-refractivity contribution in [2.24, 2.45) is 0 Å². The van der Waals surface area contributed by atoms with Crippen molar-refractivity contribution in [1.29, 1.82) is 0 Å². The summed E-state index contributed by atoms with van der Waals surface area (Å²) in [4.78, 5) is 3.22. The zero-order valence-corrected chi connectivity index (χ0v) is 7.80. The highest BCUT2D eigenvalue weighted by Crippen LogP contribution is 2.08. The normalized spacial score (nSPS) is 14.3. The molecule has 0 fully saturated rings. The molecule has 4 heteroatoms. The molecule has 0 saturated heterocycles. The van der Waals surface area contributed by atoms with Gasteiger partial charge < -0.3 is 17.5 Å². The number of phenolic OH excluding ortho intramolecular Hbond substituents is 1. The van der Waals surface area contributed by atoms with Crippen LogP contribution in [0.3, 0.4) is 0 Å². The van der Waals surface area contributed by atoms with Crippen molar-refractivity contribution >= 4 is 5.84 Å². The van der Waals surface area contributed by atoms with Gasteiger partial charge in [-0.1, -0.05) is 0 Å². The second-order valence-electron chi connectivity index (χ2n) is 2.78. The molecule has 0 amide bonds. The second-order valence-corrected chi connectivity index (χ2v) is 2.78. The Hall–Kier alpha value is -1.22. The van der Waals surface area contributed by atoms with Crippen molar-refractivity contribution < 1.29 is 22.5 Å². The molecular weight excluding hydrogens is 188 g/mol. The number of nitrogens with one attached hydrogen (secondary N) is 2. The molecule has 3 nitrogen and oxygen atoms in total. The van der Waals surface area contributed by atoms with E-state index in [1.807, 2.05) is 12.1 Å². The molecule has 1 heterocycles. The predicted molar refractivity (Wildman–Crippen MR) is 46.0 cm³/mol. The van der Waals surface area contributed by atoms with Gasteiger partial charge in [0.25, 0.3) is 5.84 Å². The molecule has 1 aromatic rings. The molecule has 0 atom stereocenters. The van der Waals surface area contributed by atoms with Gasteiger partial charge in [-0.05, 0) is 24.3 Å². The first-order chi connectivity index (χ1) is 5.86. The molecule has 0 radical (unpaired) electrons. The first-order valence-electron chi connectivity index (χ1n) is 4.00. The number of hydrogen-bond acceptors (Lipinski definition) is 2. The lowest BCUT2D eigenvalue weighted by Gasteiger charge is -1.95. The highest BCUT2D eigenvalue weighted by molar-refractivity contribution is 5.94. The second kappa shape index (κ2) is 4.14. The minimum Gasteiger partial charge on any atom is -1.00 e. The molecule has 0 saturated carbocycles. The van der Waals surface area contributed by atoms with Crippen LogP contribution in [0.4, 0.5) is 0 Å². The van der Waals surface area contributed by atoms with Crippen molar-refractivity contribution in [2.75, 3.05) is 13.1 Å². The first-order valence-corrected chi connectivity index (χ1v) is 4.00. The van der Waals surface area contributed by atoms with E-state index in [0.717, 1.165) is 24.5 Å². The van der Waals surface area contributed by atoms with Crippen LogP contribution in [0.2, 0.25) is 0 Å². The third kappa shape index (κ3) is 2.12. The number of halogens is 1. The molecule has 0 aromatic heterocycles. The van der Waals surface area contributed by atoms with Gasteiger partial charge in [0.2, 0.25) is 0 Å². The Balaban J connectivity index is 0.000000845. The van der Waals surface area contributed by atoms with Crippen LogP contribution in [-0.2, 0) is 0 Å². The van der Waals surface area contributed by atoms with Crippen LogP contribution >= 0.6 is 0 Å². The number of amidine groups is 1. The summed E-state index contributed by atoms with van der Waals surface area (Å²) < 4.78 is 0. The van der Waals surface area contributed by atoms with Gasteiger partial charge in [-0.3, -0.25) is 10.3 Å². The molecule has 70 valence electrons. The predicted octanol–water partition coefficient (Wildman–Crippen LogP) is -4.17. The van der Waals surface area contributed by atoms with Gasteiger partial charge in [0.15, 0.2) is 0 Å². The standard InChI is InChI=1S/C9H10N2O.ClH/c12-8-3-1-7(2-4-8)9-10-5-6-11-9;/h1-4,12H,5-6H2,(H,10,11);1H. The van der Waals surface area contributed by atoms with Gasteiger partial charge in [-0.2, -0.15) is 0 Å². The van der Waals surface area contributed by atoms with Gasteiger partial charge in [0.1, 0.15) is 18.8 Å². The van der Waals surface area contributed by atoms with Crippen LogP contribution in [-0.4, -0.2) is 24.0 Å². The van der Waals surface area contributed by atoms with E-state index in [0.29, 0.717) is 5.75 Å². The summed E-state index contributed by atoms with van der Waals surface area (Å²) in [6, 6.07) is 7.14. The number of phenols is 1. The van der Waals surface area contributed by atoms with E-state index >= 15 is 0 Å². The summed E-state index contributed by atoms with van der Waals surface area (Å²) in [6.45, 7) is 1.94. The van der Waals surface area contributed by atoms with Crippen LogP contribution in [0.5, 0.6) is 5.75 Å². The number of rotatable bonds is 1. The van der Waals surface area contributed by atoms with Gasteiger partial charge >= 0.3 is 0 Å². The molecule has 3 N–H and O–H groups in total. The topological polar surface area (TPSA) is 46.2 Å². The first kappa shape index (κ1) is 9.86. The fourth-order valence-electron chi connectivity index (χ4n) is 1.27. The van der Waals surface area contributed by atoms with E-state index in [9.17, 15) is 0 Å². The van der Waals surface area contributed by atoms with Crippen molar-refractivity contribution in [3.63, 3.8) is 0 Å². The number of aromatic hydroxyl groups is 1. The van der Waals surface area contributed by atoms with E-state index in [1.54, 1.807) is 12.1 Å². The summed E-state index contributed by atoms with van der Waals surface area (Å²) in [7, 11) is 0. The minimum atomic E-state index is 0. The summed E-state index contributed by atoms with van der Waals surface area (Å²) in [5.74, 6) is 1.35. The third-order valence-corrected chi connectivity index (χ3v) is 1.88. The lowest BCUT2D eigenvalue weighted by atomic mass is 10.2. The van der Waals surface area contributed by atoms with Crippen LogP contribution in [0, 0.1) is 0 Å². The van der Waals surface area contributed by atoms with Gasteiger partial charge in [-0.25, -0.2) is 0 Å². The monoisotopic (exact) mass is 198 g/mol. The maximum Gasteiger partial charge on any atom is 0.275 e. The molecule has 0 bridgehead atoms. The molecule has 1 aliphatic heterocycles. The fraction of sp³-hybridized carbons (Fsp3) is 0.222. The van der Waals surface area contributed by atoms with Crippen molar-refractivity contribution in [3.05, 3.63) is 29.8 Å². The molecule has 13 heavy (non-hydrogen) atoms. The molecule has 2 rings (SSSR count). The van der Waals surface area contributed by atoms with Crippen LogP contribution in [0.15, 0.2) is 24.3 Å². The molecule has 0 aliphatic carbocycles. The quantitative estimate of drug-likeness (QED) is 0.429.